The SMILES string of the molecule is CC1CO[TeH](C)(C)(C)O1.C[TeH]1(C)(C)OCCO1.[NH4+].[NH4+]. The van der Waals surface area contributed by atoms with E-state index in [2.05, 4.69) is 36.8 Å². The molecule has 2 heterocycles. The van der Waals surface area contributed by atoms with E-state index in [0.717, 1.165) is 19.8 Å². The van der Waals surface area contributed by atoms with Gasteiger partial charge < -0.3 is 12.3 Å². The fourth-order valence-electron chi connectivity index (χ4n) is 1.77. The summed E-state index contributed by atoms with van der Waals surface area (Å²) in [6.07, 6.45) is 0.326. The van der Waals surface area contributed by atoms with Crippen molar-refractivity contribution in [2.45, 2.75) is 42.9 Å². The van der Waals surface area contributed by atoms with Crippen LogP contribution >= 0.6 is 0 Å². The third-order valence-corrected chi connectivity index (χ3v) is 14.5. The molecule has 1 unspecified atom stereocenters. The molecule has 2 rings (SSSR count). The van der Waals surface area contributed by atoms with Crippen LogP contribution < -0.4 is 12.3 Å². The molecule has 0 amide bonds. The van der Waals surface area contributed by atoms with Crippen LogP contribution in [0.25, 0.3) is 0 Å². The molecule has 126 valence electrons. The zero-order valence-electron chi connectivity index (χ0n) is 14.2. The molecule has 0 aromatic carbocycles. The Morgan fingerprint density at radius 3 is 1.26 bits per heavy atom. The molecule has 2 saturated heterocycles. The number of hydrogen-bond acceptors (Lipinski definition) is 4. The first-order chi connectivity index (χ1) is 7.34. The first kappa shape index (κ1) is 22.6. The van der Waals surface area contributed by atoms with Gasteiger partial charge in [0.2, 0.25) is 0 Å². The van der Waals surface area contributed by atoms with Gasteiger partial charge >= 0.3 is 110 Å². The minimum atomic E-state index is -2.78. The minimum Gasteiger partial charge on any atom is -0.369 e. The molecule has 8 N–H and O–H groups in total. The van der Waals surface area contributed by atoms with Crippen molar-refractivity contribution in [3.05, 3.63) is 0 Å². The summed E-state index contributed by atoms with van der Waals surface area (Å²) in [4.78, 5) is 12.9. The van der Waals surface area contributed by atoms with Crippen LogP contribution in [-0.4, -0.2) is 61.2 Å². The molecule has 19 heavy (non-hydrogen) atoms. The predicted octanol–water partition coefficient (Wildman–Crippen LogP) is 3.24. The maximum Gasteiger partial charge on any atom is -0.369 e. The van der Waals surface area contributed by atoms with E-state index in [1.54, 1.807) is 0 Å². The van der Waals surface area contributed by atoms with Crippen LogP contribution in [0.3, 0.4) is 0 Å². The van der Waals surface area contributed by atoms with E-state index in [9.17, 15) is 0 Å². The van der Waals surface area contributed by atoms with Gasteiger partial charge in [-0.05, 0) is 0 Å². The molecule has 2 fully saturated rings. The molecule has 2 aliphatic heterocycles. The molecule has 0 aromatic heterocycles. The second-order valence-corrected chi connectivity index (χ2v) is 38.4. The Balaban J connectivity index is 0. The first-order valence-electron chi connectivity index (χ1n) is 6.00. The smallest absolute Gasteiger partial charge is 0.369 e. The number of hydrogen-bond donors (Lipinski definition) is 2. The minimum absolute atomic E-state index is 0. The van der Waals surface area contributed by atoms with E-state index in [0.29, 0.717) is 6.10 Å². The zero-order chi connectivity index (χ0) is 13.4. The van der Waals surface area contributed by atoms with Crippen molar-refractivity contribution in [2.75, 3.05) is 19.8 Å². The maximum atomic E-state index is 5.72. The van der Waals surface area contributed by atoms with Crippen LogP contribution in [0.4, 0.5) is 0 Å². The summed E-state index contributed by atoms with van der Waals surface area (Å²) in [5, 5.41) is 0. The second-order valence-electron chi connectivity index (χ2n) is 6.90. The fourth-order valence-corrected chi connectivity index (χ4v) is 11.9. The topological polar surface area (TPSA) is 110 Å². The van der Waals surface area contributed by atoms with Crippen molar-refractivity contribution in [1.29, 1.82) is 0 Å². The van der Waals surface area contributed by atoms with Gasteiger partial charge in [-0.15, -0.1) is 0 Å². The summed E-state index contributed by atoms with van der Waals surface area (Å²) in [5.74, 6) is 0. The van der Waals surface area contributed by atoms with Crippen LogP contribution in [0.15, 0.2) is 0 Å². The van der Waals surface area contributed by atoms with Gasteiger partial charge in [-0.1, -0.05) is 0 Å². The summed E-state index contributed by atoms with van der Waals surface area (Å²) in [6, 6.07) is 0. The fraction of sp³-hybridized carbons (Fsp3) is 1.00. The second kappa shape index (κ2) is 6.62. The Kier molecular flexibility index (Phi) is 7.88. The summed E-state index contributed by atoms with van der Waals surface area (Å²) >= 11 is -5.47. The Bertz CT molecular complexity index is 287. The normalized spacial score (nSPS) is 36.7. The van der Waals surface area contributed by atoms with Crippen molar-refractivity contribution in [2.24, 2.45) is 0 Å². The van der Waals surface area contributed by atoms with E-state index < -0.39 is 35.3 Å². The van der Waals surface area contributed by atoms with Gasteiger partial charge in [0.25, 0.3) is 0 Å². The molecule has 0 aliphatic carbocycles. The molecule has 0 saturated carbocycles. The summed E-state index contributed by atoms with van der Waals surface area (Å²) in [7, 11) is 0. The van der Waals surface area contributed by atoms with E-state index in [-0.39, 0.29) is 12.3 Å². The van der Waals surface area contributed by atoms with Crippen LogP contribution in [0.2, 0.25) is 29.8 Å². The average Bonchev–Trinajstić information content (AvgIpc) is 2.52. The van der Waals surface area contributed by atoms with Gasteiger partial charge in [-0.3, -0.25) is 0 Å². The van der Waals surface area contributed by atoms with Gasteiger partial charge in [0, 0.05) is 0 Å². The van der Waals surface area contributed by atoms with Gasteiger partial charge in [0.15, 0.2) is 0 Å². The van der Waals surface area contributed by atoms with Crippen molar-refractivity contribution < 1.29 is 12.4 Å². The molecular weight excluding hydrogens is 479 g/mol. The predicted molar refractivity (Wildman–Crippen MR) is 89.9 cm³/mol. The third-order valence-electron chi connectivity index (χ3n) is 2.43. The van der Waals surface area contributed by atoms with E-state index >= 15 is 0 Å². The van der Waals surface area contributed by atoms with Crippen LogP contribution in [0.1, 0.15) is 6.92 Å². The van der Waals surface area contributed by atoms with Gasteiger partial charge in [-0.2, -0.15) is 0 Å². The maximum absolute atomic E-state index is 5.72. The Hall–Kier alpha value is 1.34. The molecule has 8 heteroatoms. The molecule has 6 nitrogen and oxygen atoms in total. The zero-order valence-corrected chi connectivity index (χ0v) is 19.3. The Morgan fingerprint density at radius 1 is 0.737 bits per heavy atom. The number of rotatable bonds is 0. The van der Waals surface area contributed by atoms with Crippen molar-refractivity contribution in [1.82, 2.24) is 12.3 Å². The largest absolute Gasteiger partial charge is 0.369 e. The van der Waals surface area contributed by atoms with Gasteiger partial charge in [0.1, 0.15) is 0 Å². The van der Waals surface area contributed by atoms with E-state index in [1.165, 1.54) is 0 Å². The van der Waals surface area contributed by atoms with E-state index in [1.807, 2.05) is 0 Å². The van der Waals surface area contributed by atoms with Crippen LogP contribution in [-0.2, 0) is 12.4 Å². The quantitative estimate of drug-likeness (QED) is 0.481. The third kappa shape index (κ3) is 9.06. The van der Waals surface area contributed by atoms with Gasteiger partial charge in [-0.25, -0.2) is 0 Å². The monoisotopic (exact) mass is 522 g/mol. The average molecular weight is 518 g/mol. The molecule has 2 aliphatic rings. The molecule has 0 aromatic rings. The standard InChI is InChI=1S/C6H16O2Te.C5H14O2Te.2H3N/c1-6-5-7-9(2,3,4)8-6;1-8(2,3)6-4-5-7-8;;/h6,9H,5H2,1-4H3;8H,4-5H2,1-3H3;2*1H3/p+2. The van der Waals surface area contributed by atoms with Crippen molar-refractivity contribution >= 4 is 35.3 Å². The number of quaternary nitrogens is 2. The van der Waals surface area contributed by atoms with Gasteiger partial charge in [0.05, 0.1) is 0 Å². The van der Waals surface area contributed by atoms with Crippen LogP contribution in [0, 0.1) is 0 Å². The Labute approximate surface area is 122 Å². The van der Waals surface area contributed by atoms with Crippen molar-refractivity contribution in [3.8, 4) is 0 Å². The summed E-state index contributed by atoms with van der Waals surface area (Å²) in [6.45, 7) is 4.48. The Morgan fingerprint density at radius 2 is 1.16 bits per heavy atom. The summed E-state index contributed by atoms with van der Waals surface area (Å²) < 4.78 is 22.3. The summed E-state index contributed by atoms with van der Waals surface area (Å²) in [5.41, 5.74) is 0. The van der Waals surface area contributed by atoms with E-state index in [4.69, 9.17) is 12.4 Å². The molecular formula is C11H38N2O4Te2+2. The molecule has 0 radical (unpaired) electrons. The van der Waals surface area contributed by atoms with Crippen molar-refractivity contribution in [3.63, 3.8) is 0 Å². The molecule has 0 spiro atoms. The molecule has 1 atom stereocenters. The molecule has 0 bridgehead atoms. The first-order valence-corrected chi connectivity index (χ1v) is 25.5. The van der Waals surface area contributed by atoms with Crippen LogP contribution in [0.5, 0.6) is 0 Å².